The molecule has 2 amide bonds. The normalized spacial score (nSPS) is 29.9. The molecule has 0 bridgehead atoms. The van der Waals surface area contributed by atoms with E-state index in [1.807, 2.05) is 18.2 Å². The standard InChI is InChI=1S/C18H25ClN2O3/c1-24-18(12-22)6-3-7-21(11-18)17(23)20-16-9-14(10-16)13-4-2-5-15(19)8-13/h2,4-5,8,14,16,22H,3,6-7,9-12H2,1H3,(H,20,23). The summed E-state index contributed by atoms with van der Waals surface area (Å²) >= 11 is 6.04. The number of halogens is 1. The van der Waals surface area contributed by atoms with Crippen molar-refractivity contribution in [2.45, 2.75) is 43.2 Å². The number of likely N-dealkylation sites (tertiary alicyclic amines) is 1. The zero-order valence-electron chi connectivity index (χ0n) is 14.0. The van der Waals surface area contributed by atoms with Crippen molar-refractivity contribution in [3.8, 4) is 0 Å². The highest BCUT2D eigenvalue weighted by Crippen LogP contribution is 2.37. The van der Waals surface area contributed by atoms with Gasteiger partial charge in [-0.25, -0.2) is 4.79 Å². The third-order valence-corrected chi connectivity index (χ3v) is 5.57. The number of amides is 2. The van der Waals surface area contributed by atoms with Gasteiger partial charge in [-0.2, -0.15) is 0 Å². The zero-order valence-corrected chi connectivity index (χ0v) is 14.8. The van der Waals surface area contributed by atoms with Crippen molar-refractivity contribution in [1.82, 2.24) is 10.2 Å². The van der Waals surface area contributed by atoms with Crippen LogP contribution in [0.1, 0.15) is 37.2 Å². The van der Waals surface area contributed by atoms with Crippen LogP contribution in [0.5, 0.6) is 0 Å². The van der Waals surface area contributed by atoms with Crippen molar-refractivity contribution < 1.29 is 14.6 Å². The minimum absolute atomic E-state index is 0.0564. The third kappa shape index (κ3) is 3.68. The molecule has 6 heteroatoms. The van der Waals surface area contributed by atoms with Crippen molar-refractivity contribution in [2.24, 2.45) is 0 Å². The summed E-state index contributed by atoms with van der Waals surface area (Å²) in [5.41, 5.74) is 0.628. The molecule has 1 saturated heterocycles. The van der Waals surface area contributed by atoms with Gasteiger partial charge >= 0.3 is 6.03 Å². The maximum atomic E-state index is 12.5. The number of benzene rings is 1. The second kappa shape index (κ2) is 7.30. The first-order valence-corrected chi connectivity index (χ1v) is 8.90. The Balaban J connectivity index is 1.50. The Morgan fingerprint density at radius 3 is 2.96 bits per heavy atom. The number of ether oxygens (including phenoxy) is 1. The van der Waals surface area contributed by atoms with Gasteiger partial charge in [-0.05, 0) is 49.3 Å². The molecule has 2 fully saturated rings. The topological polar surface area (TPSA) is 61.8 Å². The molecule has 1 unspecified atom stereocenters. The summed E-state index contributed by atoms with van der Waals surface area (Å²) in [6, 6.07) is 8.09. The number of nitrogens with one attached hydrogen (secondary N) is 1. The average molecular weight is 353 g/mol. The minimum Gasteiger partial charge on any atom is -0.393 e. The van der Waals surface area contributed by atoms with Crippen LogP contribution >= 0.6 is 11.6 Å². The second-order valence-corrected chi connectivity index (χ2v) is 7.38. The summed E-state index contributed by atoms with van der Waals surface area (Å²) in [6.45, 7) is 1.09. The van der Waals surface area contributed by atoms with Crippen LogP contribution in [0.25, 0.3) is 0 Å². The first-order chi connectivity index (χ1) is 11.5. The molecule has 24 heavy (non-hydrogen) atoms. The van der Waals surface area contributed by atoms with Crippen molar-refractivity contribution >= 4 is 17.6 Å². The number of rotatable bonds is 4. The van der Waals surface area contributed by atoms with Crippen LogP contribution in [0.15, 0.2) is 24.3 Å². The van der Waals surface area contributed by atoms with E-state index in [1.165, 1.54) is 5.56 Å². The predicted molar refractivity (Wildman–Crippen MR) is 93.4 cm³/mol. The summed E-state index contributed by atoms with van der Waals surface area (Å²) in [4.78, 5) is 14.2. The van der Waals surface area contributed by atoms with Crippen LogP contribution in [0, 0.1) is 0 Å². The molecule has 0 aromatic heterocycles. The van der Waals surface area contributed by atoms with Crippen LogP contribution in [0.3, 0.4) is 0 Å². The second-order valence-electron chi connectivity index (χ2n) is 6.94. The lowest BCUT2D eigenvalue weighted by Crippen LogP contribution is -2.57. The van der Waals surface area contributed by atoms with Gasteiger partial charge in [0.1, 0.15) is 5.60 Å². The van der Waals surface area contributed by atoms with Gasteiger partial charge in [0.15, 0.2) is 0 Å². The van der Waals surface area contributed by atoms with Crippen molar-refractivity contribution in [2.75, 3.05) is 26.8 Å². The molecule has 1 aromatic carbocycles. The van der Waals surface area contributed by atoms with E-state index in [-0.39, 0.29) is 18.7 Å². The Bertz CT molecular complexity index is 585. The van der Waals surface area contributed by atoms with Crippen molar-refractivity contribution in [3.63, 3.8) is 0 Å². The SMILES string of the molecule is COC1(CO)CCCN(C(=O)NC2CC(c3cccc(Cl)c3)C2)C1. The Morgan fingerprint density at radius 2 is 2.29 bits per heavy atom. The lowest BCUT2D eigenvalue weighted by molar-refractivity contribution is -0.0869. The molecule has 3 rings (SSSR count). The highest BCUT2D eigenvalue weighted by Gasteiger charge is 2.38. The van der Waals surface area contributed by atoms with Gasteiger partial charge in [0.25, 0.3) is 0 Å². The predicted octanol–water partition coefficient (Wildman–Crippen LogP) is 2.77. The maximum Gasteiger partial charge on any atom is 0.317 e. The molecule has 2 N–H and O–H groups in total. The minimum atomic E-state index is -0.613. The molecule has 0 spiro atoms. The van der Waals surface area contributed by atoms with E-state index >= 15 is 0 Å². The lowest BCUT2D eigenvalue weighted by atomic mass is 9.76. The number of carbonyl (C=O) groups is 1. The molecule has 1 atom stereocenters. The number of carbonyl (C=O) groups excluding carboxylic acids is 1. The number of aliphatic hydroxyl groups excluding tert-OH is 1. The van der Waals surface area contributed by atoms with E-state index in [0.717, 1.165) is 30.7 Å². The van der Waals surface area contributed by atoms with Crippen LogP contribution in [-0.4, -0.2) is 54.5 Å². The zero-order chi connectivity index (χ0) is 17.2. The third-order valence-electron chi connectivity index (χ3n) is 5.33. The fourth-order valence-electron chi connectivity index (χ4n) is 3.67. The molecule has 0 radical (unpaired) electrons. The monoisotopic (exact) mass is 352 g/mol. The van der Waals surface area contributed by atoms with Crippen LogP contribution in [-0.2, 0) is 4.74 Å². The number of nitrogens with zero attached hydrogens (tertiary/aromatic N) is 1. The van der Waals surface area contributed by atoms with Gasteiger partial charge in [-0.3, -0.25) is 0 Å². The molecule has 1 saturated carbocycles. The smallest absolute Gasteiger partial charge is 0.317 e. The van der Waals surface area contributed by atoms with Gasteiger partial charge in [0.05, 0.1) is 13.2 Å². The molecule has 2 aliphatic rings. The van der Waals surface area contributed by atoms with Gasteiger partial charge in [-0.15, -0.1) is 0 Å². The molecule has 5 nitrogen and oxygen atoms in total. The largest absolute Gasteiger partial charge is 0.393 e. The number of hydrogen-bond acceptors (Lipinski definition) is 3. The van der Waals surface area contributed by atoms with Crippen molar-refractivity contribution in [3.05, 3.63) is 34.9 Å². The van der Waals surface area contributed by atoms with E-state index in [4.69, 9.17) is 16.3 Å². The number of urea groups is 1. The molecule has 1 aliphatic heterocycles. The summed E-state index contributed by atoms with van der Waals surface area (Å²) in [6.07, 6.45) is 3.51. The Kier molecular flexibility index (Phi) is 5.33. The highest BCUT2D eigenvalue weighted by atomic mass is 35.5. The summed E-state index contributed by atoms with van der Waals surface area (Å²) in [5.74, 6) is 0.464. The van der Waals surface area contributed by atoms with E-state index in [0.29, 0.717) is 19.0 Å². The molecular weight excluding hydrogens is 328 g/mol. The quantitative estimate of drug-likeness (QED) is 0.875. The van der Waals surface area contributed by atoms with E-state index in [1.54, 1.807) is 12.0 Å². The van der Waals surface area contributed by atoms with Gasteiger partial charge in [-0.1, -0.05) is 23.7 Å². The first-order valence-electron chi connectivity index (χ1n) is 8.52. The Morgan fingerprint density at radius 1 is 1.50 bits per heavy atom. The van der Waals surface area contributed by atoms with Gasteiger partial charge in [0.2, 0.25) is 0 Å². The average Bonchev–Trinajstić information content (AvgIpc) is 2.57. The Hall–Kier alpha value is -1.30. The number of piperidine rings is 1. The fourth-order valence-corrected chi connectivity index (χ4v) is 3.86. The Labute approximate surface area is 147 Å². The number of methoxy groups -OCH3 is 1. The van der Waals surface area contributed by atoms with Gasteiger partial charge in [0, 0.05) is 24.7 Å². The summed E-state index contributed by atoms with van der Waals surface area (Å²) < 4.78 is 5.46. The highest BCUT2D eigenvalue weighted by molar-refractivity contribution is 6.30. The van der Waals surface area contributed by atoms with Crippen LogP contribution < -0.4 is 5.32 Å². The van der Waals surface area contributed by atoms with E-state index in [2.05, 4.69) is 11.4 Å². The molecule has 1 heterocycles. The molecular formula is C18H25ClN2O3. The molecule has 1 aliphatic carbocycles. The first kappa shape index (κ1) is 17.5. The number of hydrogen-bond donors (Lipinski definition) is 2. The fraction of sp³-hybridized carbons (Fsp3) is 0.611. The van der Waals surface area contributed by atoms with E-state index in [9.17, 15) is 9.90 Å². The summed E-state index contributed by atoms with van der Waals surface area (Å²) in [5, 5.41) is 13.4. The van der Waals surface area contributed by atoms with Crippen LogP contribution in [0.2, 0.25) is 5.02 Å². The molecule has 1 aromatic rings. The van der Waals surface area contributed by atoms with Gasteiger partial charge < -0.3 is 20.1 Å². The lowest BCUT2D eigenvalue weighted by Gasteiger charge is -2.42. The van der Waals surface area contributed by atoms with Crippen LogP contribution in [0.4, 0.5) is 4.79 Å². The summed E-state index contributed by atoms with van der Waals surface area (Å²) in [7, 11) is 1.60. The number of aliphatic hydroxyl groups is 1. The van der Waals surface area contributed by atoms with Crippen molar-refractivity contribution in [1.29, 1.82) is 0 Å². The maximum absolute atomic E-state index is 12.5. The van der Waals surface area contributed by atoms with E-state index < -0.39 is 5.60 Å². The molecule has 132 valence electrons.